The molecule has 0 saturated heterocycles. The molecule has 0 atom stereocenters. The Morgan fingerprint density at radius 1 is 1.35 bits per heavy atom. The van der Waals surface area contributed by atoms with Gasteiger partial charge < -0.3 is 10.4 Å². The van der Waals surface area contributed by atoms with Gasteiger partial charge in [0.05, 0.1) is 23.2 Å². The molecule has 0 aliphatic carbocycles. The highest BCUT2D eigenvalue weighted by molar-refractivity contribution is 7.92. The van der Waals surface area contributed by atoms with Crippen molar-refractivity contribution in [2.75, 3.05) is 18.5 Å². The highest BCUT2D eigenvalue weighted by atomic mass is 32.2. The first kappa shape index (κ1) is 13.9. The molecule has 0 fully saturated rings. The lowest BCUT2D eigenvalue weighted by Crippen LogP contribution is -2.28. The lowest BCUT2D eigenvalue weighted by atomic mass is 10.3. The van der Waals surface area contributed by atoms with E-state index < -0.39 is 14.6 Å². The van der Waals surface area contributed by atoms with Crippen LogP contribution in [-0.2, 0) is 9.84 Å². The normalized spacial score (nSPS) is 12.5. The van der Waals surface area contributed by atoms with E-state index in [9.17, 15) is 8.42 Å². The topological polar surface area (TPSA) is 79.3 Å². The minimum atomic E-state index is -3.40. The molecule has 0 aliphatic rings. The molecule has 1 aromatic heterocycles. The number of anilines is 1. The minimum Gasteiger partial charge on any atom is -0.395 e. The first-order valence-electron chi connectivity index (χ1n) is 5.34. The zero-order chi connectivity index (χ0) is 13.1. The molecule has 6 heteroatoms. The molecule has 2 N–H and O–H groups in total. The smallest absolute Gasteiger partial charge is 0.200 e. The van der Waals surface area contributed by atoms with Crippen molar-refractivity contribution in [1.82, 2.24) is 4.98 Å². The Morgan fingerprint density at radius 3 is 2.41 bits per heavy atom. The van der Waals surface area contributed by atoms with Gasteiger partial charge in [0.1, 0.15) is 0 Å². The summed E-state index contributed by atoms with van der Waals surface area (Å²) in [4.78, 5) is 3.94. The molecule has 0 saturated carbocycles. The monoisotopic (exact) mass is 258 g/mol. The maximum atomic E-state index is 12.1. The van der Waals surface area contributed by atoms with Gasteiger partial charge in [-0.2, -0.15) is 0 Å². The number of pyridine rings is 1. The van der Waals surface area contributed by atoms with Crippen LogP contribution < -0.4 is 5.32 Å². The Hall–Kier alpha value is -1.14. The molecule has 96 valence electrons. The van der Waals surface area contributed by atoms with Crippen molar-refractivity contribution in [2.24, 2.45) is 0 Å². The van der Waals surface area contributed by atoms with Gasteiger partial charge in [0.15, 0.2) is 14.9 Å². The zero-order valence-electron chi connectivity index (χ0n) is 10.3. The summed E-state index contributed by atoms with van der Waals surface area (Å²) < 4.78 is 23.3. The van der Waals surface area contributed by atoms with E-state index >= 15 is 0 Å². The molecule has 1 aromatic rings. The summed E-state index contributed by atoms with van der Waals surface area (Å²) in [6.07, 6.45) is 1.45. The minimum absolute atomic E-state index is 0.0159. The number of hydrogen-bond donors (Lipinski definition) is 2. The van der Waals surface area contributed by atoms with E-state index in [1.807, 2.05) is 0 Å². The molecule has 0 unspecified atom stereocenters. The number of nitrogens with one attached hydrogen (secondary N) is 1. The van der Waals surface area contributed by atoms with Crippen molar-refractivity contribution in [3.05, 3.63) is 18.3 Å². The number of rotatable bonds is 4. The van der Waals surface area contributed by atoms with Crippen molar-refractivity contribution in [3.63, 3.8) is 0 Å². The van der Waals surface area contributed by atoms with E-state index in [0.29, 0.717) is 12.2 Å². The van der Waals surface area contributed by atoms with E-state index in [0.717, 1.165) is 0 Å². The predicted octanol–water partition coefficient (Wildman–Crippen LogP) is 1.06. The quantitative estimate of drug-likeness (QED) is 0.844. The lowest BCUT2D eigenvalue weighted by molar-refractivity contribution is 0.311. The fourth-order valence-corrected chi connectivity index (χ4v) is 2.22. The third-order valence-electron chi connectivity index (χ3n) is 2.26. The number of aliphatic hydroxyl groups excluding tert-OH is 1. The average molecular weight is 258 g/mol. The van der Waals surface area contributed by atoms with Gasteiger partial charge in [-0.05, 0) is 32.9 Å². The summed E-state index contributed by atoms with van der Waals surface area (Å²) in [7, 11) is -3.40. The Bertz CT molecular complexity index is 460. The third-order valence-corrected chi connectivity index (χ3v) is 4.66. The van der Waals surface area contributed by atoms with Crippen LogP contribution in [0.15, 0.2) is 23.4 Å². The molecule has 0 radical (unpaired) electrons. The van der Waals surface area contributed by atoms with Crippen molar-refractivity contribution >= 4 is 15.5 Å². The molecule has 0 spiro atoms. The number of nitrogens with zero attached hydrogens (tertiary/aromatic N) is 1. The number of aliphatic hydroxyl groups is 1. The highest BCUT2D eigenvalue weighted by Gasteiger charge is 2.31. The lowest BCUT2D eigenvalue weighted by Gasteiger charge is -2.18. The Balaban J connectivity index is 2.96. The molecule has 1 heterocycles. The van der Waals surface area contributed by atoms with Crippen molar-refractivity contribution in [3.8, 4) is 0 Å². The van der Waals surface area contributed by atoms with Crippen LogP contribution in [0.3, 0.4) is 0 Å². The second kappa shape index (κ2) is 5.01. The van der Waals surface area contributed by atoms with Crippen LogP contribution in [0.1, 0.15) is 20.8 Å². The first-order valence-corrected chi connectivity index (χ1v) is 6.83. The van der Waals surface area contributed by atoms with E-state index in [2.05, 4.69) is 10.3 Å². The van der Waals surface area contributed by atoms with Gasteiger partial charge in [-0.3, -0.25) is 0 Å². The second-order valence-electron chi connectivity index (χ2n) is 4.65. The summed E-state index contributed by atoms with van der Waals surface area (Å²) in [6, 6.07) is 3.11. The predicted molar refractivity (Wildman–Crippen MR) is 66.8 cm³/mol. The Labute approximate surface area is 102 Å². The van der Waals surface area contributed by atoms with Crippen molar-refractivity contribution in [1.29, 1.82) is 0 Å². The van der Waals surface area contributed by atoms with Gasteiger partial charge in [0.25, 0.3) is 0 Å². The molecule has 17 heavy (non-hydrogen) atoms. The van der Waals surface area contributed by atoms with Crippen LogP contribution in [0.5, 0.6) is 0 Å². The van der Waals surface area contributed by atoms with Gasteiger partial charge in [-0.25, -0.2) is 13.4 Å². The molecule has 0 bridgehead atoms. The summed E-state index contributed by atoms with van der Waals surface area (Å²) in [5.74, 6) is 0. The molecule has 1 rings (SSSR count). The number of hydrogen-bond acceptors (Lipinski definition) is 5. The molecule has 0 aromatic carbocycles. The molecule has 5 nitrogen and oxygen atoms in total. The van der Waals surface area contributed by atoms with Crippen LogP contribution in [0, 0.1) is 0 Å². The second-order valence-corrected chi connectivity index (χ2v) is 7.30. The standard InChI is InChI=1S/C11H18N2O3S/c1-11(2,3)17(15,16)10-5-4-9(8-13-10)12-6-7-14/h4-5,8,12,14H,6-7H2,1-3H3. The SMILES string of the molecule is CC(C)(C)S(=O)(=O)c1ccc(NCCO)cn1. The molecular weight excluding hydrogens is 240 g/mol. The zero-order valence-corrected chi connectivity index (χ0v) is 11.1. The largest absolute Gasteiger partial charge is 0.395 e. The highest BCUT2D eigenvalue weighted by Crippen LogP contribution is 2.23. The summed E-state index contributed by atoms with van der Waals surface area (Å²) in [5, 5.41) is 11.6. The average Bonchev–Trinajstić information content (AvgIpc) is 2.25. The maximum Gasteiger partial charge on any atom is 0.200 e. The molecule has 0 amide bonds. The summed E-state index contributed by atoms with van der Waals surface area (Å²) in [5.41, 5.74) is 0.687. The van der Waals surface area contributed by atoms with E-state index in [-0.39, 0.29) is 11.6 Å². The number of aromatic nitrogens is 1. The summed E-state index contributed by atoms with van der Waals surface area (Å²) in [6.45, 7) is 5.35. The van der Waals surface area contributed by atoms with E-state index in [1.165, 1.54) is 12.3 Å². The van der Waals surface area contributed by atoms with Crippen LogP contribution >= 0.6 is 0 Å². The number of sulfone groups is 1. The van der Waals surface area contributed by atoms with Crippen LogP contribution in [0.4, 0.5) is 5.69 Å². The van der Waals surface area contributed by atoms with Gasteiger partial charge in [-0.1, -0.05) is 0 Å². The van der Waals surface area contributed by atoms with E-state index in [4.69, 9.17) is 5.11 Å². The van der Waals surface area contributed by atoms with Crippen molar-refractivity contribution in [2.45, 2.75) is 30.5 Å². The van der Waals surface area contributed by atoms with Gasteiger partial charge in [0, 0.05) is 6.54 Å². The van der Waals surface area contributed by atoms with Gasteiger partial charge in [0.2, 0.25) is 0 Å². The van der Waals surface area contributed by atoms with Crippen molar-refractivity contribution < 1.29 is 13.5 Å². The molecule has 0 aliphatic heterocycles. The van der Waals surface area contributed by atoms with Crippen LogP contribution in [0.25, 0.3) is 0 Å². The summed E-state index contributed by atoms with van der Waals surface area (Å²) >= 11 is 0. The van der Waals surface area contributed by atoms with Gasteiger partial charge in [-0.15, -0.1) is 0 Å². The Morgan fingerprint density at radius 2 is 2.00 bits per heavy atom. The third kappa shape index (κ3) is 3.17. The fourth-order valence-electron chi connectivity index (χ4n) is 1.16. The fraction of sp³-hybridized carbons (Fsp3) is 0.545. The van der Waals surface area contributed by atoms with Gasteiger partial charge >= 0.3 is 0 Å². The van der Waals surface area contributed by atoms with E-state index in [1.54, 1.807) is 26.8 Å². The molecular formula is C11H18N2O3S. The first-order chi connectivity index (χ1) is 7.79. The van der Waals surface area contributed by atoms with Crippen LogP contribution in [-0.4, -0.2) is 36.4 Å². The Kier molecular flexibility index (Phi) is 4.11. The van der Waals surface area contributed by atoms with Crippen LogP contribution in [0.2, 0.25) is 0 Å². The maximum absolute atomic E-state index is 12.1.